The van der Waals surface area contributed by atoms with Gasteiger partial charge in [-0.15, -0.1) is 11.3 Å². The Labute approximate surface area is 169 Å². The number of aryl methyl sites for hydroxylation is 1. The minimum Gasteiger partial charge on any atom is -0.497 e. The molecular formula is C21H17BrN2O2S. The fourth-order valence-corrected chi connectivity index (χ4v) is 4.32. The van der Waals surface area contributed by atoms with Crippen LogP contribution in [-0.2, 0) is 6.54 Å². The van der Waals surface area contributed by atoms with Crippen LogP contribution in [0.4, 0.5) is 0 Å². The van der Waals surface area contributed by atoms with E-state index in [1.807, 2.05) is 60.8 Å². The highest BCUT2D eigenvalue weighted by Gasteiger charge is 2.15. The Kier molecular flexibility index (Phi) is 4.85. The van der Waals surface area contributed by atoms with Gasteiger partial charge in [0.15, 0.2) is 0 Å². The van der Waals surface area contributed by atoms with Crippen LogP contribution in [0, 0.1) is 6.92 Å². The zero-order valence-corrected chi connectivity index (χ0v) is 17.3. The number of hydrogen-bond donors (Lipinski definition) is 0. The number of hydrogen-bond acceptors (Lipinski definition) is 4. The molecule has 2 heterocycles. The summed E-state index contributed by atoms with van der Waals surface area (Å²) >= 11 is 4.95. The lowest BCUT2D eigenvalue weighted by atomic mass is 10.1. The smallest absolute Gasteiger partial charge is 0.263 e. The summed E-state index contributed by atoms with van der Waals surface area (Å²) in [6.45, 7) is 2.38. The summed E-state index contributed by atoms with van der Waals surface area (Å²) in [6.07, 6.45) is 0. The molecule has 0 amide bonds. The van der Waals surface area contributed by atoms with Crippen LogP contribution in [0.5, 0.6) is 5.75 Å². The fourth-order valence-electron chi connectivity index (χ4n) is 3.07. The van der Waals surface area contributed by atoms with Crippen molar-refractivity contribution in [3.63, 3.8) is 0 Å². The van der Waals surface area contributed by atoms with Gasteiger partial charge in [0.05, 0.1) is 19.0 Å². The summed E-state index contributed by atoms with van der Waals surface area (Å²) in [6, 6.07) is 15.7. The first kappa shape index (κ1) is 17.9. The molecule has 0 radical (unpaired) electrons. The van der Waals surface area contributed by atoms with Gasteiger partial charge in [0, 0.05) is 15.4 Å². The van der Waals surface area contributed by atoms with Gasteiger partial charge >= 0.3 is 0 Å². The second-order valence-corrected chi connectivity index (χ2v) is 8.01. The van der Waals surface area contributed by atoms with Crippen molar-refractivity contribution in [1.29, 1.82) is 0 Å². The summed E-state index contributed by atoms with van der Waals surface area (Å²) in [7, 11) is 1.64. The Hall–Kier alpha value is -2.44. The Morgan fingerprint density at radius 2 is 1.81 bits per heavy atom. The van der Waals surface area contributed by atoms with E-state index < -0.39 is 0 Å². The summed E-state index contributed by atoms with van der Waals surface area (Å²) in [5, 5.41) is 2.68. The largest absolute Gasteiger partial charge is 0.497 e. The molecule has 0 atom stereocenters. The van der Waals surface area contributed by atoms with Crippen LogP contribution in [0.1, 0.15) is 11.4 Å². The molecule has 0 saturated heterocycles. The summed E-state index contributed by atoms with van der Waals surface area (Å²) < 4.78 is 7.99. The molecule has 4 rings (SSSR count). The van der Waals surface area contributed by atoms with Gasteiger partial charge in [0.25, 0.3) is 5.56 Å². The maximum absolute atomic E-state index is 13.3. The summed E-state index contributed by atoms with van der Waals surface area (Å²) in [4.78, 5) is 18.7. The van der Waals surface area contributed by atoms with Crippen LogP contribution in [-0.4, -0.2) is 16.7 Å². The van der Waals surface area contributed by atoms with Crippen LogP contribution in [0.15, 0.2) is 63.2 Å². The average Bonchev–Trinajstić information content (AvgIpc) is 3.10. The van der Waals surface area contributed by atoms with Gasteiger partial charge < -0.3 is 4.74 Å². The molecule has 2 aromatic heterocycles. The molecule has 0 bridgehead atoms. The van der Waals surface area contributed by atoms with E-state index in [9.17, 15) is 4.79 Å². The lowest BCUT2D eigenvalue weighted by Gasteiger charge is -2.10. The molecule has 0 aliphatic carbocycles. The number of benzene rings is 2. The minimum atomic E-state index is -0.00696. The van der Waals surface area contributed by atoms with Gasteiger partial charge in [-0.05, 0) is 42.3 Å². The highest BCUT2D eigenvalue weighted by molar-refractivity contribution is 9.10. The Balaban J connectivity index is 1.83. The van der Waals surface area contributed by atoms with Crippen LogP contribution in [0.25, 0.3) is 21.3 Å². The van der Waals surface area contributed by atoms with Gasteiger partial charge in [0.2, 0.25) is 0 Å². The van der Waals surface area contributed by atoms with E-state index >= 15 is 0 Å². The fraction of sp³-hybridized carbons (Fsp3) is 0.143. The van der Waals surface area contributed by atoms with Crippen LogP contribution in [0.3, 0.4) is 0 Å². The monoisotopic (exact) mass is 440 g/mol. The number of nitrogens with zero attached hydrogens (tertiary/aromatic N) is 2. The molecular weight excluding hydrogens is 424 g/mol. The molecule has 4 nitrogen and oxygen atoms in total. The van der Waals surface area contributed by atoms with E-state index in [0.717, 1.165) is 37.6 Å². The SMILES string of the molecule is COc1ccc(-c2csc3nc(C)n(Cc4ccc(Br)cc4)c(=O)c23)cc1. The Bertz CT molecular complexity index is 1160. The second kappa shape index (κ2) is 7.29. The van der Waals surface area contributed by atoms with Crippen molar-refractivity contribution in [2.24, 2.45) is 0 Å². The van der Waals surface area contributed by atoms with Crippen LogP contribution in [0.2, 0.25) is 0 Å². The highest BCUT2D eigenvalue weighted by atomic mass is 79.9. The van der Waals surface area contributed by atoms with Crippen molar-refractivity contribution in [2.45, 2.75) is 13.5 Å². The van der Waals surface area contributed by atoms with Crippen molar-refractivity contribution in [2.75, 3.05) is 7.11 Å². The number of fused-ring (bicyclic) bond motifs is 1. The van der Waals surface area contributed by atoms with Gasteiger partial charge in [0.1, 0.15) is 16.4 Å². The number of thiophene rings is 1. The Morgan fingerprint density at radius 3 is 2.48 bits per heavy atom. The van der Waals surface area contributed by atoms with Crippen molar-refractivity contribution in [3.05, 3.63) is 80.1 Å². The lowest BCUT2D eigenvalue weighted by molar-refractivity contribution is 0.415. The number of halogens is 1. The van der Waals surface area contributed by atoms with Crippen molar-refractivity contribution in [1.82, 2.24) is 9.55 Å². The molecule has 0 aliphatic rings. The van der Waals surface area contributed by atoms with Crippen molar-refractivity contribution >= 4 is 37.5 Å². The van der Waals surface area contributed by atoms with E-state index in [1.54, 1.807) is 11.7 Å². The van der Waals surface area contributed by atoms with E-state index in [0.29, 0.717) is 11.9 Å². The summed E-state index contributed by atoms with van der Waals surface area (Å²) in [5.41, 5.74) is 2.96. The van der Waals surface area contributed by atoms with E-state index in [4.69, 9.17) is 4.74 Å². The minimum absolute atomic E-state index is 0.00696. The normalized spacial score (nSPS) is 11.1. The zero-order valence-electron chi connectivity index (χ0n) is 14.9. The van der Waals surface area contributed by atoms with E-state index in [2.05, 4.69) is 20.9 Å². The maximum Gasteiger partial charge on any atom is 0.263 e. The predicted molar refractivity (Wildman–Crippen MR) is 114 cm³/mol. The Morgan fingerprint density at radius 1 is 1.11 bits per heavy atom. The molecule has 0 aliphatic heterocycles. The van der Waals surface area contributed by atoms with Gasteiger partial charge in [-0.1, -0.05) is 40.2 Å². The van der Waals surface area contributed by atoms with E-state index in [1.165, 1.54) is 11.3 Å². The third-order valence-electron chi connectivity index (χ3n) is 4.54. The third-order valence-corrected chi connectivity index (χ3v) is 5.94. The number of ether oxygens (including phenoxy) is 1. The van der Waals surface area contributed by atoms with Gasteiger partial charge in [-0.25, -0.2) is 4.98 Å². The topological polar surface area (TPSA) is 44.1 Å². The lowest BCUT2D eigenvalue weighted by Crippen LogP contribution is -2.24. The number of aromatic nitrogens is 2. The van der Waals surface area contributed by atoms with E-state index in [-0.39, 0.29) is 5.56 Å². The van der Waals surface area contributed by atoms with Gasteiger partial charge in [-0.2, -0.15) is 0 Å². The predicted octanol–water partition coefficient (Wildman–Crippen LogP) is 5.25. The first-order valence-corrected chi connectivity index (χ1v) is 10.1. The molecule has 0 spiro atoms. The highest BCUT2D eigenvalue weighted by Crippen LogP contribution is 2.32. The van der Waals surface area contributed by atoms with Crippen LogP contribution < -0.4 is 10.3 Å². The van der Waals surface area contributed by atoms with Crippen molar-refractivity contribution in [3.8, 4) is 16.9 Å². The van der Waals surface area contributed by atoms with Crippen LogP contribution >= 0.6 is 27.3 Å². The molecule has 0 unspecified atom stereocenters. The van der Waals surface area contributed by atoms with Crippen molar-refractivity contribution < 1.29 is 4.74 Å². The molecule has 2 aromatic carbocycles. The molecule has 0 N–H and O–H groups in total. The third kappa shape index (κ3) is 3.42. The molecule has 0 saturated carbocycles. The first-order chi connectivity index (χ1) is 13.1. The molecule has 0 fully saturated rings. The standard InChI is InChI=1S/C21H17BrN2O2S/c1-13-23-20-19(18(12-27-20)15-5-9-17(26-2)10-6-15)21(25)24(13)11-14-3-7-16(22)8-4-14/h3-10,12H,11H2,1-2H3. The number of methoxy groups -OCH3 is 1. The maximum atomic E-state index is 13.3. The van der Waals surface area contributed by atoms with Gasteiger partial charge in [-0.3, -0.25) is 9.36 Å². The quantitative estimate of drug-likeness (QED) is 0.435. The zero-order chi connectivity index (χ0) is 19.0. The summed E-state index contributed by atoms with van der Waals surface area (Å²) in [5.74, 6) is 1.51. The molecule has 4 aromatic rings. The molecule has 6 heteroatoms. The molecule has 136 valence electrons. The number of rotatable bonds is 4. The first-order valence-electron chi connectivity index (χ1n) is 8.44. The average molecular weight is 441 g/mol. The molecule has 27 heavy (non-hydrogen) atoms. The second-order valence-electron chi connectivity index (χ2n) is 6.23.